The van der Waals surface area contributed by atoms with Crippen LogP contribution in [0.2, 0.25) is 0 Å². The third kappa shape index (κ3) is 4.47. The van der Waals surface area contributed by atoms with Crippen LogP contribution >= 0.6 is 0 Å². The Morgan fingerprint density at radius 1 is 1.28 bits per heavy atom. The van der Waals surface area contributed by atoms with Gasteiger partial charge in [-0.1, -0.05) is 26.7 Å². The van der Waals surface area contributed by atoms with Gasteiger partial charge in [-0.3, -0.25) is 4.79 Å². The normalized spacial score (nSPS) is 10.6. The molecule has 0 aliphatic rings. The molecule has 1 rings (SSSR count). The molecule has 0 saturated carbocycles. The summed E-state index contributed by atoms with van der Waals surface area (Å²) in [6.07, 6.45) is 8.01. The van der Waals surface area contributed by atoms with Crippen LogP contribution in [0.25, 0.3) is 0 Å². The quantitative estimate of drug-likeness (QED) is 0.569. The van der Waals surface area contributed by atoms with Gasteiger partial charge in [0.2, 0.25) is 0 Å². The SMILES string of the molecule is CCCCCC[n+]1cccc(CC(=O)O)c1CC. The number of aromatic nitrogens is 1. The number of unbranched alkanes of at least 4 members (excludes halogenated alkanes) is 3. The van der Waals surface area contributed by atoms with Crippen LogP contribution in [0.1, 0.15) is 50.8 Å². The number of hydrogen-bond donors (Lipinski definition) is 1. The number of nitrogens with zero attached hydrogens (tertiary/aromatic N) is 1. The zero-order chi connectivity index (χ0) is 13.4. The average molecular weight is 250 g/mol. The van der Waals surface area contributed by atoms with E-state index in [9.17, 15) is 4.79 Å². The van der Waals surface area contributed by atoms with Gasteiger partial charge in [-0.25, -0.2) is 4.57 Å². The number of carbonyl (C=O) groups is 1. The molecule has 100 valence electrons. The minimum Gasteiger partial charge on any atom is -0.481 e. The molecular weight excluding hydrogens is 226 g/mol. The summed E-state index contributed by atoms with van der Waals surface area (Å²) in [6, 6.07) is 3.88. The highest BCUT2D eigenvalue weighted by Gasteiger charge is 2.15. The van der Waals surface area contributed by atoms with E-state index in [2.05, 4.69) is 24.6 Å². The fraction of sp³-hybridized carbons (Fsp3) is 0.600. The van der Waals surface area contributed by atoms with Gasteiger partial charge in [0, 0.05) is 24.5 Å². The highest BCUT2D eigenvalue weighted by Crippen LogP contribution is 2.07. The van der Waals surface area contributed by atoms with Crippen LogP contribution in [0.5, 0.6) is 0 Å². The third-order valence-corrected chi connectivity index (χ3v) is 3.21. The van der Waals surface area contributed by atoms with Crippen molar-refractivity contribution in [3.8, 4) is 0 Å². The lowest BCUT2D eigenvalue weighted by Crippen LogP contribution is -2.39. The zero-order valence-electron chi connectivity index (χ0n) is 11.5. The molecule has 3 nitrogen and oxygen atoms in total. The maximum absolute atomic E-state index is 10.8. The lowest BCUT2D eigenvalue weighted by Gasteiger charge is -2.06. The Kier molecular flexibility index (Phi) is 6.40. The van der Waals surface area contributed by atoms with E-state index < -0.39 is 5.97 Å². The molecule has 0 aromatic carbocycles. The molecule has 0 bridgehead atoms. The van der Waals surface area contributed by atoms with Gasteiger partial charge < -0.3 is 5.11 Å². The van der Waals surface area contributed by atoms with Crippen LogP contribution in [0, 0.1) is 0 Å². The number of carboxylic acid groups (broad SMARTS) is 1. The Morgan fingerprint density at radius 3 is 2.67 bits per heavy atom. The van der Waals surface area contributed by atoms with E-state index in [0.717, 1.165) is 24.2 Å². The summed E-state index contributed by atoms with van der Waals surface area (Å²) in [6.45, 7) is 5.29. The molecule has 1 aromatic heterocycles. The molecule has 1 heterocycles. The predicted octanol–water partition coefficient (Wildman–Crippen LogP) is 2.74. The van der Waals surface area contributed by atoms with Crippen LogP contribution < -0.4 is 4.57 Å². The average Bonchev–Trinajstić information content (AvgIpc) is 2.34. The third-order valence-electron chi connectivity index (χ3n) is 3.21. The molecule has 1 aromatic rings. The van der Waals surface area contributed by atoms with Crippen LogP contribution in [-0.4, -0.2) is 11.1 Å². The van der Waals surface area contributed by atoms with Gasteiger partial charge in [-0.2, -0.15) is 0 Å². The second-order valence-corrected chi connectivity index (χ2v) is 4.66. The van der Waals surface area contributed by atoms with Crippen LogP contribution in [0.3, 0.4) is 0 Å². The summed E-state index contributed by atoms with van der Waals surface area (Å²) in [4.78, 5) is 10.8. The second-order valence-electron chi connectivity index (χ2n) is 4.66. The molecule has 0 aliphatic carbocycles. The van der Waals surface area contributed by atoms with Gasteiger partial charge in [-0.05, 0) is 12.5 Å². The summed E-state index contributed by atoms with van der Waals surface area (Å²) in [5.41, 5.74) is 2.11. The monoisotopic (exact) mass is 250 g/mol. The van der Waals surface area contributed by atoms with E-state index in [4.69, 9.17) is 5.11 Å². The molecule has 0 fully saturated rings. The summed E-state index contributed by atoms with van der Waals surface area (Å²) in [5, 5.41) is 8.91. The van der Waals surface area contributed by atoms with Crippen LogP contribution in [0.15, 0.2) is 18.3 Å². The Balaban J connectivity index is 2.74. The summed E-state index contributed by atoms with van der Waals surface area (Å²) in [7, 11) is 0. The number of pyridine rings is 1. The highest BCUT2D eigenvalue weighted by atomic mass is 16.4. The fourth-order valence-electron chi connectivity index (χ4n) is 2.31. The van der Waals surface area contributed by atoms with E-state index >= 15 is 0 Å². The molecule has 0 saturated heterocycles. The van der Waals surface area contributed by atoms with Crippen molar-refractivity contribution in [1.29, 1.82) is 0 Å². The van der Waals surface area contributed by atoms with Crippen molar-refractivity contribution in [2.45, 2.75) is 58.9 Å². The summed E-state index contributed by atoms with van der Waals surface area (Å²) in [5.74, 6) is -0.756. The van der Waals surface area contributed by atoms with E-state index in [1.54, 1.807) is 0 Å². The van der Waals surface area contributed by atoms with Crippen molar-refractivity contribution < 1.29 is 14.5 Å². The maximum Gasteiger partial charge on any atom is 0.308 e. The van der Waals surface area contributed by atoms with E-state index in [-0.39, 0.29) is 6.42 Å². The van der Waals surface area contributed by atoms with Crippen LogP contribution in [-0.2, 0) is 24.2 Å². The Morgan fingerprint density at radius 2 is 2.06 bits per heavy atom. The van der Waals surface area contributed by atoms with Gasteiger partial charge in [0.25, 0.3) is 0 Å². The van der Waals surface area contributed by atoms with Gasteiger partial charge in [0.15, 0.2) is 11.9 Å². The molecule has 0 atom stereocenters. The first-order chi connectivity index (χ1) is 8.69. The Bertz CT molecular complexity index is 388. The smallest absolute Gasteiger partial charge is 0.308 e. The molecule has 3 heteroatoms. The van der Waals surface area contributed by atoms with E-state index in [0.29, 0.717) is 0 Å². The zero-order valence-corrected chi connectivity index (χ0v) is 11.5. The highest BCUT2D eigenvalue weighted by molar-refractivity contribution is 5.70. The van der Waals surface area contributed by atoms with Crippen molar-refractivity contribution in [1.82, 2.24) is 0 Å². The lowest BCUT2D eigenvalue weighted by atomic mass is 10.1. The van der Waals surface area contributed by atoms with Crippen molar-refractivity contribution in [2.75, 3.05) is 0 Å². The van der Waals surface area contributed by atoms with Crippen LogP contribution in [0.4, 0.5) is 0 Å². The second kappa shape index (κ2) is 7.85. The first kappa shape index (κ1) is 14.7. The summed E-state index contributed by atoms with van der Waals surface area (Å²) >= 11 is 0. The molecule has 0 amide bonds. The topological polar surface area (TPSA) is 41.2 Å². The van der Waals surface area contributed by atoms with Gasteiger partial charge in [-0.15, -0.1) is 0 Å². The molecule has 0 radical (unpaired) electrons. The molecule has 0 spiro atoms. The predicted molar refractivity (Wildman–Crippen MR) is 71.5 cm³/mol. The standard InChI is InChI=1S/C15H23NO2/c1-3-5-6-7-10-16-11-8-9-13(12-15(17)18)14(16)4-2/h8-9,11H,3-7,10,12H2,1-2H3/p+1. The maximum atomic E-state index is 10.8. The number of rotatable bonds is 8. The van der Waals surface area contributed by atoms with E-state index in [1.165, 1.54) is 25.7 Å². The Hall–Kier alpha value is -1.38. The van der Waals surface area contributed by atoms with E-state index in [1.807, 2.05) is 12.1 Å². The number of carboxylic acids is 1. The first-order valence-corrected chi connectivity index (χ1v) is 6.91. The molecule has 18 heavy (non-hydrogen) atoms. The van der Waals surface area contributed by atoms with Gasteiger partial charge in [0.05, 0.1) is 6.42 Å². The number of hydrogen-bond acceptors (Lipinski definition) is 1. The number of aryl methyl sites for hydroxylation is 1. The van der Waals surface area contributed by atoms with Crippen molar-refractivity contribution in [3.05, 3.63) is 29.6 Å². The lowest BCUT2D eigenvalue weighted by molar-refractivity contribution is -0.704. The van der Waals surface area contributed by atoms with Crippen molar-refractivity contribution >= 4 is 5.97 Å². The Labute approximate surface area is 109 Å². The molecular formula is C15H24NO2+. The molecule has 1 N–H and O–H groups in total. The molecule has 0 unspecified atom stereocenters. The molecule has 0 aliphatic heterocycles. The van der Waals surface area contributed by atoms with Crippen molar-refractivity contribution in [2.24, 2.45) is 0 Å². The minimum atomic E-state index is -0.756. The van der Waals surface area contributed by atoms with Gasteiger partial charge in [0.1, 0.15) is 6.54 Å². The fourth-order valence-corrected chi connectivity index (χ4v) is 2.31. The summed E-state index contributed by atoms with van der Waals surface area (Å²) < 4.78 is 2.22. The first-order valence-electron chi connectivity index (χ1n) is 6.91. The number of aliphatic carboxylic acids is 1. The van der Waals surface area contributed by atoms with Gasteiger partial charge >= 0.3 is 5.97 Å². The van der Waals surface area contributed by atoms with Crippen molar-refractivity contribution in [3.63, 3.8) is 0 Å². The minimum absolute atomic E-state index is 0.124. The largest absolute Gasteiger partial charge is 0.481 e.